The van der Waals surface area contributed by atoms with Gasteiger partial charge in [0.05, 0.1) is 0 Å². The summed E-state index contributed by atoms with van der Waals surface area (Å²) in [6, 6.07) is 8.13. The van der Waals surface area contributed by atoms with Crippen LogP contribution in [-0.4, -0.2) is 18.1 Å². The molecule has 0 bridgehead atoms. The van der Waals surface area contributed by atoms with Crippen LogP contribution in [0, 0.1) is 6.92 Å². The zero-order valence-corrected chi connectivity index (χ0v) is 12.5. The highest BCUT2D eigenvalue weighted by Crippen LogP contribution is 2.18. The number of hydrogen-bond donors (Lipinski definition) is 1. The van der Waals surface area contributed by atoms with Gasteiger partial charge in [0, 0.05) is 6.04 Å². The van der Waals surface area contributed by atoms with Gasteiger partial charge in [-0.15, -0.1) is 0 Å². The number of carbonyl (C=O) groups is 1. The summed E-state index contributed by atoms with van der Waals surface area (Å²) in [5, 5.41) is 3.13. The molecule has 1 N–H and O–H groups in total. The van der Waals surface area contributed by atoms with Crippen molar-refractivity contribution in [3.63, 3.8) is 0 Å². The molecule has 1 aliphatic rings. The van der Waals surface area contributed by atoms with Crippen LogP contribution in [0.25, 0.3) is 0 Å². The summed E-state index contributed by atoms with van der Waals surface area (Å²) in [5.74, 6) is 0.756. The highest BCUT2D eigenvalue weighted by molar-refractivity contribution is 5.81. The highest BCUT2D eigenvalue weighted by atomic mass is 16.5. The van der Waals surface area contributed by atoms with Gasteiger partial charge < -0.3 is 10.1 Å². The van der Waals surface area contributed by atoms with Crippen LogP contribution in [0.4, 0.5) is 0 Å². The van der Waals surface area contributed by atoms with Crippen molar-refractivity contribution in [1.29, 1.82) is 0 Å². The Hall–Kier alpha value is -1.51. The van der Waals surface area contributed by atoms with Crippen molar-refractivity contribution in [1.82, 2.24) is 5.32 Å². The Morgan fingerprint density at radius 3 is 2.60 bits per heavy atom. The molecule has 1 aromatic rings. The van der Waals surface area contributed by atoms with E-state index in [-0.39, 0.29) is 5.91 Å². The van der Waals surface area contributed by atoms with E-state index < -0.39 is 6.10 Å². The number of amides is 1. The van der Waals surface area contributed by atoms with Crippen LogP contribution < -0.4 is 10.1 Å². The Kier molecular flexibility index (Phi) is 5.45. The molecule has 3 nitrogen and oxygen atoms in total. The van der Waals surface area contributed by atoms with Crippen molar-refractivity contribution in [2.45, 2.75) is 64.5 Å². The van der Waals surface area contributed by atoms with Gasteiger partial charge in [0.25, 0.3) is 5.91 Å². The van der Waals surface area contributed by atoms with E-state index in [2.05, 4.69) is 5.32 Å². The fourth-order valence-electron chi connectivity index (χ4n) is 2.69. The van der Waals surface area contributed by atoms with Gasteiger partial charge in [-0.3, -0.25) is 4.79 Å². The topological polar surface area (TPSA) is 38.3 Å². The summed E-state index contributed by atoms with van der Waals surface area (Å²) in [4.78, 5) is 12.2. The van der Waals surface area contributed by atoms with Crippen molar-refractivity contribution in [2.24, 2.45) is 0 Å². The number of carbonyl (C=O) groups excluding carboxylic acids is 1. The lowest BCUT2D eigenvalue weighted by Crippen LogP contribution is -2.42. The molecule has 0 spiro atoms. The van der Waals surface area contributed by atoms with Crippen LogP contribution in [0.2, 0.25) is 0 Å². The Morgan fingerprint density at radius 1 is 1.25 bits per heavy atom. The average molecular weight is 275 g/mol. The van der Waals surface area contributed by atoms with Gasteiger partial charge in [0.15, 0.2) is 6.10 Å². The van der Waals surface area contributed by atoms with E-state index in [9.17, 15) is 4.79 Å². The lowest BCUT2D eigenvalue weighted by atomic mass is 10.1. The lowest BCUT2D eigenvalue weighted by Gasteiger charge is -2.20. The van der Waals surface area contributed by atoms with E-state index in [4.69, 9.17) is 4.74 Å². The van der Waals surface area contributed by atoms with Crippen LogP contribution in [0.15, 0.2) is 24.3 Å². The fraction of sp³-hybridized carbons (Fsp3) is 0.588. The maximum Gasteiger partial charge on any atom is 0.260 e. The first kappa shape index (κ1) is 14.9. The van der Waals surface area contributed by atoms with E-state index in [0.29, 0.717) is 6.04 Å². The average Bonchev–Trinajstić information content (AvgIpc) is 2.67. The molecule has 110 valence electrons. The van der Waals surface area contributed by atoms with Crippen LogP contribution in [-0.2, 0) is 4.79 Å². The third kappa shape index (κ3) is 4.55. The second-order valence-corrected chi connectivity index (χ2v) is 5.77. The molecule has 0 unspecified atom stereocenters. The molecule has 1 aromatic carbocycles. The van der Waals surface area contributed by atoms with Crippen molar-refractivity contribution >= 4 is 5.91 Å². The predicted molar refractivity (Wildman–Crippen MR) is 80.9 cm³/mol. The van der Waals surface area contributed by atoms with Gasteiger partial charge in [-0.1, -0.05) is 37.8 Å². The van der Waals surface area contributed by atoms with Crippen LogP contribution >= 0.6 is 0 Å². The number of aryl methyl sites for hydroxylation is 1. The maximum absolute atomic E-state index is 12.2. The van der Waals surface area contributed by atoms with Gasteiger partial charge >= 0.3 is 0 Å². The van der Waals surface area contributed by atoms with E-state index in [1.807, 2.05) is 38.1 Å². The summed E-state index contributed by atoms with van der Waals surface area (Å²) >= 11 is 0. The molecule has 1 saturated carbocycles. The second kappa shape index (κ2) is 7.32. The van der Waals surface area contributed by atoms with Crippen molar-refractivity contribution < 1.29 is 9.53 Å². The van der Waals surface area contributed by atoms with E-state index in [1.165, 1.54) is 25.7 Å². The van der Waals surface area contributed by atoms with E-state index >= 15 is 0 Å². The molecule has 1 amide bonds. The third-order valence-electron chi connectivity index (χ3n) is 3.87. The zero-order chi connectivity index (χ0) is 14.4. The number of rotatable bonds is 4. The molecule has 3 heteroatoms. The largest absolute Gasteiger partial charge is 0.481 e. The molecule has 20 heavy (non-hydrogen) atoms. The molecule has 1 atom stereocenters. The smallest absolute Gasteiger partial charge is 0.260 e. The molecule has 1 fully saturated rings. The van der Waals surface area contributed by atoms with Gasteiger partial charge in [-0.05, 0) is 44.4 Å². The first-order chi connectivity index (χ1) is 9.65. The van der Waals surface area contributed by atoms with Crippen molar-refractivity contribution in [3.8, 4) is 5.75 Å². The van der Waals surface area contributed by atoms with Gasteiger partial charge in [0.1, 0.15) is 5.75 Å². The van der Waals surface area contributed by atoms with E-state index in [0.717, 1.165) is 24.2 Å². The third-order valence-corrected chi connectivity index (χ3v) is 3.87. The number of hydrogen-bond acceptors (Lipinski definition) is 2. The first-order valence-corrected chi connectivity index (χ1v) is 7.69. The van der Waals surface area contributed by atoms with Gasteiger partial charge in [-0.25, -0.2) is 0 Å². The second-order valence-electron chi connectivity index (χ2n) is 5.77. The molecular weight excluding hydrogens is 250 g/mol. The molecule has 0 aliphatic heterocycles. The maximum atomic E-state index is 12.2. The normalized spacial score (nSPS) is 18.1. The SMILES string of the molecule is Cc1cccc(O[C@H](C)C(=O)NC2CCCCCC2)c1. The zero-order valence-electron chi connectivity index (χ0n) is 12.5. The van der Waals surface area contributed by atoms with Crippen LogP contribution in [0.5, 0.6) is 5.75 Å². The standard InChI is InChI=1S/C17H25NO2/c1-13-8-7-11-16(12-13)20-14(2)17(19)18-15-9-5-3-4-6-10-15/h7-8,11-12,14-15H,3-6,9-10H2,1-2H3,(H,18,19)/t14-/m1/s1. The molecule has 0 aromatic heterocycles. The summed E-state index contributed by atoms with van der Waals surface area (Å²) < 4.78 is 5.72. The Bertz CT molecular complexity index is 436. The molecule has 0 radical (unpaired) electrons. The summed E-state index contributed by atoms with van der Waals surface area (Å²) in [7, 11) is 0. The van der Waals surface area contributed by atoms with E-state index in [1.54, 1.807) is 0 Å². The van der Waals surface area contributed by atoms with Crippen LogP contribution in [0.1, 0.15) is 51.0 Å². The number of nitrogens with one attached hydrogen (secondary N) is 1. The van der Waals surface area contributed by atoms with Gasteiger partial charge in [0.2, 0.25) is 0 Å². The molecular formula is C17H25NO2. The molecule has 0 heterocycles. The Labute approximate surface area is 121 Å². The molecule has 1 aliphatic carbocycles. The first-order valence-electron chi connectivity index (χ1n) is 7.69. The minimum Gasteiger partial charge on any atom is -0.481 e. The lowest BCUT2D eigenvalue weighted by molar-refractivity contribution is -0.128. The molecule has 2 rings (SSSR count). The highest BCUT2D eigenvalue weighted by Gasteiger charge is 2.20. The minimum atomic E-state index is -0.444. The molecule has 0 saturated heterocycles. The number of benzene rings is 1. The Balaban J connectivity index is 1.85. The monoisotopic (exact) mass is 275 g/mol. The summed E-state index contributed by atoms with van der Waals surface area (Å²) in [6.07, 6.45) is 6.78. The number of ether oxygens (including phenoxy) is 1. The van der Waals surface area contributed by atoms with Crippen molar-refractivity contribution in [3.05, 3.63) is 29.8 Å². The summed E-state index contributed by atoms with van der Waals surface area (Å²) in [5.41, 5.74) is 1.14. The van der Waals surface area contributed by atoms with Gasteiger partial charge in [-0.2, -0.15) is 0 Å². The minimum absolute atomic E-state index is 0.00148. The summed E-state index contributed by atoms with van der Waals surface area (Å²) in [6.45, 7) is 3.83. The van der Waals surface area contributed by atoms with Crippen molar-refractivity contribution in [2.75, 3.05) is 0 Å². The van der Waals surface area contributed by atoms with Crippen LogP contribution in [0.3, 0.4) is 0 Å². The predicted octanol–water partition coefficient (Wildman–Crippen LogP) is 3.60. The fourth-order valence-corrected chi connectivity index (χ4v) is 2.69. The quantitative estimate of drug-likeness (QED) is 0.853. The Morgan fingerprint density at radius 2 is 1.95 bits per heavy atom.